The van der Waals surface area contributed by atoms with E-state index in [4.69, 9.17) is 10.4 Å². The van der Waals surface area contributed by atoms with E-state index in [0.29, 0.717) is 11.1 Å². The van der Waals surface area contributed by atoms with E-state index >= 15 is 0 Å². The Hall–Kier alpha value is -2.13. The molecule has 0 fully saturated rings. The van der Waals surface area contributed by atoms with Crippen molar-refractivity contribution in [1.82, 2.24) is 0 Å². The van der Waals surface area contributed by atoms with E-state index in [9.17, 15) is 13.2 Å². The Morgan fingerprint density at radius 1 is 1.31 bits per heavy atom. The summed E-state index contributed by atoms with van der Waals surface area (Å²) in [4.78, 5) is 9.99. The molecule has 1 rings (SSSR count). The first-order valence-electron chi connectivity index (χ1n) is 4.22. The molecule has 1 N–H and O–H groups in total. The van der Waals surface area contributed by atoms with Crippen LogP contribution >= 0.6 is 0 Å². The van der Waals surface area contributed by atoms with Crippen molar-refractivity contribution < 1.29 is 18.3 Å². The molecule has 0 saturated carbocycles. The lowest BCUT2D eigenvalue weighted by Gasteiger charge is -1.98. The molecule has 0 saturated heterocycles. The molecule has 0 radical (unpaired) electrons. The van der Waals surface area contributed by atoms with Gasteiger partial charge in [0.1, 0.15) is 0 Å². The van der Waals surface area contributed by atoms with Crippen molar-refractivity contribution in [3.05, 3.63) is 35.4 Å². The van der Waals surface area contributed by atoms with Crippen LogP contribution in [0.25, 0.3) is 0 Å². The van der Waals surface area contributed by atoms with Gasteiger partial charge in [-0.05, 0) is 17.7 Å². The summed E-state index contributed by atoms with van der Waals surface area (Å²) < 4.78 is 21.2. The fourth-order valence-electron chi connectivity index (χ4n) is 1.09. The third kappa shape index (κ3) is 2.93. The molecule has 0 spiro atoms. The number of nitriles is 1. The number of carboxylic acid groups (broad SMARTS) is 1. The Balaban J connectivity index is 3.02. The zero-order chi connectivity index (χ0) is 12.1. The topological polar surface area (TPSA) is 95.2 Å². The molecule has 6 heteroatoms. The summed E-state index contributed by atoms with van der Waals surface area (Å²) in [6, 6.07) is 7.96. The van der Waals surface area contributed by atoms with Crippen LogP contribution in [0.15, 0.2) is 24.3 Å². The normalized spacial score (nSPS) is 9.19. The van der Waals surface area contributed by atoms with Gasteiger partial charge in [0.05, 0.1) is 11.6 Å². The lowest BCUT2D eigenvalue weighted by atomic mass is 10.1. The summed E-state index contributed by atoms with van der Waals surface area (Å²) >= 11 is 0. The maximum atomic E-state index is 10.6. The van der Waals surface area contributed by atoms with Crippen LogP contribution in [-0.2, 0) is 21.5 Å². The van der Waals surface area contributed by atoms with Gasteiger partial charge in [0, 0.05) is 6.42 Å². The molecule has 0 aliphatic rings. The predicted molar refractivity (Wildman–Crippen MR) is 56.4 cm³/mol. The van der Waals surface area contributed by atoms with Crippen molar-refractivity contribution in [3.8, 4) is 6.07 Å². The highest BCUT2D eigenvalue weighted by Crippen LogP contribution is 2.04. The molecular formula is C10H7NO4S. The Morgan fingerprint density at radius 2 is 1.88 bits per heavy atom. The van der Waals surface area contributed by atoms with E-state index in [1.54, 1.807) is 0 Å². The molecule has 0 amide bonds. The quantitative estimate of drug-likeness (QED) is 0.759. The van der Waals surface area contributed by atoms with Crippen LogP contribution in [0.3, 0.4) is 0 Å². The minimum atomic E-state index is -2.74. The van der Waals surface area contributed by atoms with Crippen LogP contribution < -0.4 is 0 Å². The van der Waals surface area contributed by atoms with Gasteiger partial charge in [-0.1, -0.05) is 12.1 Å². The van der Waals surface area contributed by atoms with Gasteiger partial charge >= 0.3 is 5.97 Å². The summed E-state index contributed by atoms with van der Waals surface area (Å²) in [5.41, 5.74) is 0.962. The summed E-state index contributed by atoms with van der Waals surface area (Å²) in [5, 5.41) is 17.2. The van der Waals surface area contributed by atoms with Gasteiger partial charge in [-0.3, -0.25) is 0 Å². The number of hydrogen-bond acceptors (Lipinski definition) is 4. The van der Waals surface area contributed by atoms with Crippen LogP contribution in [0.1, 0.15) is 11.1 Å². The van der Waals surface area contributed by atoms with Crippen molar-refractivity contribution in [2.24, 2.45) is 0 Å². The van der Waals surface area contributed by atoms with Crippen molar-refractivity contribution in [2.75, 3.05) is 0 Å². The van der Waals surface area contributed by atoms with Gasteiger partial charge in [0.2, 0.25) is 10.3 Å². The molecule has 0 heterocycles. The van der Waals surface area contributed by atoms with Crippen LogP contribution in [0.4, 0.5) is 0 Å². The first-order valence-corrected chi connectivity index (χ1v) is 5.29. The summed E-state index contributed by atoms with van der Waals surface area (Å²) in [6.07, 6.45) is -0.183. The molecule has 0 aromatic heterocycles. The molecular weight excluding hydrogens is 230 g/mol. The van der Waals surface area contributed by atoms with Gasteiger partial charge in [-0.2, -0.15) is 13.7 Å². The highest BCUT2D eigenvalue weighted by molar-refractivity contribution is 7.74. The third-order valence-corrected chi connectivity index (χ3v) is 2.61. The van der Waals surface area contributed by atoms with E-state index < -0.39 is 21.1 Å². The smallest absolute Gasteiger partial charge is 0.347 e. The van der Waals surface area contributed by atoms with Crippen molar-refractivity contribution in [3.63, 3.8) is 0 Å². The molecule has 1 aromatic carbocycles. The molecule has 5 nitrogen and oxygen atoms in total. The average Bonchev–Trinajstić information content (AvgIpc) is 2.25. The van der Waals surface area contributed by atoms with Crippen molar-refractivity contribution in [1.29, 1.82) is 5.26 Å². The maximum absolute atomic E-state index is 10.6. The van der Waals surface area contributed by atoms with Crippen LogP contribution in [0.2, 0.25) is 0 Å². The standard InChI is InChI=1S/C10H7NO4S/c11-6-8-3-1-7(2-4-8)5-9(10(12)13)16(14)15/h1-4H,5H2,(H,12,13). The molecule has 0 atom stereocenters. The molecule has 0 aliphatic heterocycles. The Bertz CT molecular complexity index is 570. The zero-order valence-electron chi connectivity index (χ0n) is 8.04. The molecule has 0 bridgehead atoms. The summed E-state index contributed by atoms with van der Waals surface area (Å²) in [7, 11) is -2.74. The Labute approximate surface area is 93.1 Å². The van der Waals surface area contributed by atoms with E-state index in [2.05, 4.69) is 0 Å². The van der Waals surface area contributed by atoms with Gasteiger partial charge < -0.3 is 5.11 Å². The minimum Gasteiger partial charge on any atom is -0.477 e. The Kier molecular flexibility index (Phi) is 3.80. The maximum Gasteiger partial charge on any atom is 0.347 e. The van der Waals surface area contributed by atoms with Crippen LogP contribution in [-0.4, -0.2) is 24.4 Å². The second-order valence-electron chi connectivity index (χ2n) is 2.95. The van der Waals surface area contributed by atoms with E-state index in [1.807, 2.05) is 6.07 Å². The van der Waals surface area contributed by atoms with E-state index in [0.717, 1.165) is 0 Å². The minimum absolute atomic E-state index is 0.183. The molecule has 0 unspecified atom stereocenters. The first kappa shape index (κ1) is 11.9. The number of carbonyl (C=O) groups is 1. The first-order chi connectivity index (χ1) is 7.54. The largest absolute Gasteiger partial charge is 0.477 e. The second kappa shape index (κ2) is 5.09. The lowest BCUT2D eigenvalue weighted by molar-refractivity contribution is -0.129. The number of aliphatic carboxylic acids is 1. The monoisotopic (exact) mass is 237 g/mol. The van der Waals surface area contributed by atoms with Crippen molar-refractivity contribution in [2.45, 2.75) is 6.42 Å². The van der Waals surface area contributed by atoms with Gasteiger partial charge in [-0.25, -0.2) is 4.79 Å². The average molecular weight is 237 g/mol. The number of benzene rings is 1. The summed E-state index contributed by atoms with van der Waals surface area (Å²) in [6.45, 7) is 0. The zero-order valence-corrected chi connectivity index (χ0v) is 8.86. The molecule has 82 valence electrons. The highest BCUT2D eigenvalue weighted by atomic mass is 32.2. The van der Waals surface area contributed by atoms with Crippen molar-refractivity contribution >= 4 is 21.1 Å². The third-order valence-electron chi connectivity index (χ3n) is 1.89. The fourth-order valence-corrected chi connectivity index (χ4v) is 1.52. The Morgan fingerprint density at radius 3 is 2.25 bits per heavy atom. The molecule has 0 aliphatic carbocycles. The van der Waals surface area contributed by atoms with Crippen LogP contribution in [0.5, 0.6) is 0 Å². The number of nitrogens with zero attached hydrogens (tertiary/aromatic N) is 1. The number of rotatable bonds is 3. The van der Waals surface area contributed by atoms with E-state index in [-0.39, 0.29) is 6.42 Å². The fraction of sp³-hybridized carbons (Fsp3) is 0.100. The van der Waals surface area contributed by atoms with Gasteiger partial charge in [0.15, 0.2) is 4.86 Å². The van der Waals surface area contributed by atoms with E-state index in [1.165, 1.54) is 24.3 Å². The number of hydrogen-bond donors (Lipinski definition) is 1. The highest BCUT2D eigenvalue weighted by Gasteiger charge is 2.12. The second-order valence-corrected chi connectivity index (χ2v) is 3.91. The molecule has 1 aromatic rings. The van der Waals surface area contributed by atoms with Gasteiger partial charge in [0.25, 0.3) is 0 Å². The SMILES string of the molecule is N#Cc1ccc(CC(C(=O)O)=S(=O)=O)cc1. The summed E-state index contributed by atoms with van der Waals surface area (Å²) in [5.74, 6) is -1.46. The number of carboxylic acids is 1. The van der Waals surface area contributed by atoms with Crippen LogP contribution in [0, 0.1) is 11.3 Å². The lowest BCUT2D eigenvalue weighted by Crippen LogP contribution is -2.16. The molecule has 16 heavy (non-hydrogen) atoms. The van der Waals surface area contributed by atoms with Gasteiger partial charge in [-0.15, -0.1) is 0 Å². The predicted octanol–water partition coefficient (Wildman–Crippen LogP) is 0.237.